The van der Waals surface area contributed by atoms with Crippen LogP contribution in [0.3, 0.4) is 0 Å². The predicted molar refractivity (Wildman–Crippen MR) is 82.9 cm³/mol. The Balaban J connectivity index is 2.80. The third-order valence-corrected chi connectivity index (χ3v) is 3.59. The smallest absolute Gasteiger partial charge is 0.0740 e. The third kappa shape index (κ3) is 4.39. The summed E-state index contributed by atoms with van der Waals surface area (Å²) in [5, 5.41) is 0. The molecular weight excluding hydrogens is 240 g/mol. The van der Waals surface area contributed by atoms with E-state index in [1.165, 1.54) is 16.7 Å². The molecule has 1 rings (SSSR count). The molecule has 0 saturated carbocycles. The van der Waals surface area contributed by atoms with E-state index in [9.17, 15) is 0 Å². The van der Waals surface area contributed by atoms with Crippen LogP contribution in [0.2, 0.25) is 0 Å². The molecule has 0 aliphatic rings. The minimum absolute atomic E-state index is 0.498. The molecule has 0 bridgehead atoms. The van der Waals surface area contributed by atoms with Gasteiger partial charge in [-0.25, -0.2) is 0 Å². The van der Waals surface area contributed by atoms with Gasteiger partial charge in [0, 0.05) is 25.6 Å². The fraction of sp³-hybridized carbons (Fsp3) is 0.533. The van der Waals surface area contributed by atoms with Gasteiger partial charge in [0.2, 0.25) is 0 Å². The van der Waals surface area contributed by atoms with E-state index in [1.807, 2.05) is 0 Å². The topological polar surface area (TPSA) is 29.3 Å². The highest BCUT2D eigenvalue weighted by Crippen LogP contribution is 2.17. The summed E-state index contributed by atoms with van der Waals surface area (Å²) in [6.07, 6.45) is 0.790. The quantitative estimate of drug-likeness (QED) is 0.800. The lowest BCUT2D eigenvalue weighted by molar-refractivity contribution is 0.218. The van der Waals surface area contributed by atoms with Gasteiger partial charge in [-0.05, 0) is 44.4 Å². The predicted octanol–water partition coefficient (Wildman–Crippen LogP) is 3.19. The van der Waals surface area contributed by atoms with E-state index in [0.29, 0.717) is 11.0 Å². The van der Waals surface area contributed by atoms with Gasteiger partial charge in [-0.1, -0.05) is 30.4 Å². The van der Waals surface area contributed by atoms with E-state index < -0.39 is 0 Å². The van der Waals surface area contributed by atoms with Crippen molar-refractivity contribution in [2.24, 2.45) is 5.73 Å². The summed E-state index contributed by atoms with van der Waals surface area (Å²) in [6.45, 7) is 10.7. The van der Waals surface area contributed by atoms with Crippen LogP contribution in [0.5, 0.6) is 0 Å². The number of hydrogen-bond donors (Lipinski definition) is 1. The molecule has 0 aliphatic carbocycles. The zero-order valence-corrected chi connectivity index (χ0v) is 12.7. The van der Waals surface area contributed by atoms with Crippen LogP contribution in [0.4, 0.5) is 0 Å². The standard InChI is InChI=1S/C15H24N2S/c1-11(2)17(9-8-15(16)18)10-14-12(3)6-5-7-13(14)4/h5-7,11H,8-10H2,1-4H3,(H2,16,18). The zero-order valence-electron chi connectivity index (χ0n) is 11.9. The monoisotopic (exact) mass is 264 g/mol. The average molecular weight is 264 g/mol. The molecule has 0 fully saturated rings. The Kier molecular flexibility index (Phi) is 5.76. The Morgan fingerprint density at radius 3 is 2.28 bits per heavy atom. The molecule has 0 heterocycles. The van der Waals surface area contributed by atoms with Crippen LogP contribution in [-0.4, -0.2) is 22.5 Å². The van der Waals surface area contributed by atoms with Gasteiger partial charge in [0.05, 0.1) is 4.99 Å². The maximum Gasteiger partial charge on any atom is 0.0740 e. The number of nitrogens with zero attached hydrogens (tertiary/aromatic N) is 1. The number of benzene rings is 1. The van der Waals surface area contributed by atoms with E-state index in [1.54, 1.807) is 0 Å². The Bertz CT molecular complexity index is 393. The minimum atomic E-state index is 0.498. The van der Waals surface area contributed by atoms with Gasteiger partial charge in [0.1, 0.15) is 0 Å². The van der Waals surface area contributed by atoms with Crippen LogP contribution in [0.25, 0.3) is 0 Å². The van der Waals surface area contributed by atoms with Gasteiger partial charge < -0.3 is 5.73 Å². The van der Waals surface area contributed by atoms with E-state index in [2.05, 4.69) is 50.8 Å². The number of aryl methyl sites for hydroxylation is 2. The number of nitrogens with two attached hydrogens (primary N) is 1. The number of rotatable bonds is 6. The van der Waals surface area contributed by atoms with Gasteiger partial charge in [-0.3, -0.25) is 4.90 Å². The fourth-order valence-electron chi connectivity index (χ4n) is 2.08. The molecule has 0 aliphatic heterocycles. The van der Waals surface area contributed by atoms with Crippen LogP contribution in [0.1, 0.15) is 37.0 Å². The molecule has 2 nitrogen and oxygen atoms in total. The summed E-state index contributed by atoms with van der Waals surface area (Å²) >= 11 is 4.97. The lowest BCUT2D eigenvalue weighted by Crippen LogP contribution is -2.33. The Morgan fingerprint density at radius 2 is 1.83 bits per heavy atom. The van der Waals surface area contributed by atoms with Crippen LogP contribution in [0, 0.1) is 13.8 Å². The fourth-order valence-corrected chi connectivity index (χ4v) is 2.17. The van der Waals surface area contributed by atoms with Gasteiger partial charge >= 0.3 is 0 Å². The molecule has 0 saturated heterocycles. The highest BCUT2D eigenvalue weighted by molar-refractivity contribution is 7.80. The number of hydrogen-bond acceptors (Lipinski definition) is 2. The van der Waals surface area contributed by atoms with Crippen molar-refractivity contribution >= 4 is 17.2 Å². The Hall–Kier alpha value is -0.930. The summed E-state index contributed by atoms with van der Waals surface area (Å²) in [7, 11) is 0. The summed E-state index contributed by atoms with van der Waals surface area (Å²) in [6, 6.07) is 6.96. The molecule has 0 spiro atoms. The van der Waals surface area contributed by atoms with Crippen LogP contribution < -0.4 is 5.73 Å². The molecule has 0 atom stereocenters. The SMILES string of the molecule is Cc1cccc(C)c1CN(CCC(N)=S)C(C)C. The summed E-state index contributed by atoms with van der Waals surface area (Å²) in [5.41, 5.74) is 9.74. The van der Waals surface area contributed by atoms with Crippen molar-refractivity contribution in [3.05, 3.63) is 34.9 Å². The second-order valence-corrected chi connectivity index (χ2v) is 5.68. The number of thiocarbonyl (C=S) groups is 1. The first-order valence-corrected chi connectivity index (χ1v) is 6.90. The van der Waals surface area contributed by atoms with Gasteiger partial charge in [0.15, 0.2) is 0 Å². The molecule has 1 aromatic rings. The maximum absolute atomic E-state index is 5.60. The first-order chi connectivity index (χ1) is 8.41. The third-order valence-electron chi connectivity index (χ3n) is 3.38. The largest absolute Gasteiger partial charge is 0.393 e. The second kappa shape index (κ2) is 6.86. The van der Waals surface area contributed by atoms with E-state index in [-0.39, 0.29) is 0 Å². The molecule has 3 heteroatoms. The Morgan fingerprint density at radius 1 is 1.28 bits per heavy atom. The molecule has 2 N–H and O–H groups in total. The molecule has 1 aromatic carbocycles. The van der Waals surface area contributed by atoms with Gasteiger partial charge in [-0.15, -0.1) is 0 Å². The second-order valence-electron chi connectivity index (χ2n) is 5.15. The van der Waals surface area contributed by atoms with Crippen LogP contribution >= 0.6 is 12.2 Å². The van der Waals surface area contributed by atoms with Crippen molar-refractivity contribution in [1.82, 2.24) is 4.90 Å². The summed E-state index contributed by atoms with van der Waals surface area (Å²) in [5.74, 6) is 0. The molecule has 0 unspecified atom stereocenters. The highest BCUT2D eigenvalue weighted by atomic mass is 32.1. The van der Waals surface area contributed by atoms with E-state index >= 15 is 0 Å². The van der Waals surface area contributed by atoms with Gasteiger partial charge in [0.25, 0.3) is 0 Å². The van der Waals surface area contributed by atoms with E-state index in [4.69, 9.17) is 18.0 Å². The maximum atomic E-state index is 5.60. The highest BCUT2D eigenvalue weighted by Gasteiger charge is 2.13. The van der Waals surface area contributed by atoms with Crippen molar-refractivity contribution in [3.63, 3.8) is 0 Å². The summed E-state index contributed by atoms with van der Waals surface area (Å²) < 4.78 is 0. The van der Waals surface area contributed by atoms with Crippen molar-refractivity contribution in [1.29, 1.82) is 0 Å². The van der Waals surface area contributed by atoms with Crippen molar-refractivity contribution in [2.75, 3.05) is 6.54 Å². The molecular formula is C15H24N2S. The van der Waals surface area contributed by atoms with E-state index in [0.717, 1.165) is 19.5 Å². The molecule has 100 valence electrons. The average Bonchev–Trinajstić information content (AvgIpc) is 2.26. The van der Waals surface area contributed by atoms with Crippen molar-refractivity contribution in [3.8, 4) is 0 Å². The lowest BCUT2D eigenvalue weighted by Gasteiger charge is -2.27. The normalized spacial score (nSPS) is 11.2. The molecule has 0 aromatic heterocycles. The van der Waals surface area contributed by atoms with Crippen LogP contribution in [-0.2, 0) is 6.54 Å². The zero-order chi connectivity index (χ0) is 13.7. The van der Waals surface area contributed by atoms with Gasteiger partial charge in [-0.2, -0.15) is 0 Å². The molecule has 0 radical (unpaired) electrons. The first-order valence-electron chi connectivity index (χ1n) is 6.49. The van der Waals surface area contributed by atoms with Crippen LogP contribution in [0.15, 0.2) is 18.2 Å². The first kappa shape index (κ1) is 15.1. The van der Waals surface area contributed by atoms with Crippen molar-refractivity contribution in [2.45, 2.75) is 46.7 Å². The summed E-state index contributed by atoms with van der Waals surface area (Å²) in [4.78, 5) is 3.02. The lowest BCUT2D eigenvalue weighted by atomic mass is 10.0. The molecule has 18 heavy (non-hydrogen) atoms. The minimum Gasteiger partial charge on any atom is -0.393 e. The van der Waals surface area contributed by atoms with Crippen molar-refractivity contribution < 1.29 is 0 Å². The molecule has 0 amide bonds. The Labute approximate surface area is 116 Å².